The van der Waals surface area contributed by atoms with Crippen molar-refractivity contribution in [3.8, 4) is 0 Å². The third-order valence-corrected chi connectivity index (χ3v) is 0.801. The molecule has 50 valence electrons. The number of rotatable bonds is 1. The summed E-state index contributed by atoms with van der Waals surface area (Å²) in [4.78, 5) is 19.0. The molecule has 1 aliphatic rings. The Labute approximate surface area is 55.5 Å². The minimum absolute atomic E-state index is 0.751. The van der Waals surface area contributed by atoms with Crippen LogP contribution in [0.15, 0.2) is 5.16 Å². The summed E-state index contributed by atoms with van der Waals surface area (Å²) in [5.74, 6) is 0. The van der Waals surface area contributed by atoms with Gasteiger partial charge in [-0.05, 0) is 11.6 Å². The van der Waals surface area contributed by atoms with Gasteiger partial charge in [-0.15, -0.1) is 0 Å². The minimum atomic E-state index is -1.13. The van der Waals surface area contributed by atoms with Gasteiger partial charge in [-0.25, -0.2) is 10.3 Å². The van der Waals surface area contributed by atoms with Gasteiger partial charge in [-0.1, -0.05) is 5.16 Å². The Morgan fingerprint density at radius 3 is 3.00 bits per heavy atom. The van der Waals surface area contributed by atoms with E-state index in [0.29, 0.717) is 0 Å². The number of hydrogen-bond donors (Lipinski definition) is 1. The van der Waals surface area contributed by atoms with Gasteiger partial charge in [-0.2, -0.15) is 0 Å². The number of oxime groups is 1. The van der Waals surface area contributed by atoms with Crippen molar-refractivity contribution in [1.82, 2.24) is 5.48 Å². The lowest BCUT2D eigenvalue weighted by Crippen LogP contribution is -2.32. The molecule has 5 nitrogen and oxygen atoms in total. The van der Waals surface area contributed by atoms with E-state index >= 15 is 0 Å². The van der Waals surface area contributed by atoms with Crippen molar-refractivity contribution in [2.24, 2.45) is 5.16 Å². The van der Waals surface area contributed by atoms with Gasteiger partial charge in [0, 0.05) is 0 Å². The molecule has 0 aliphatic carbocycles. The lowest BCUT2D eigenvalue weighted by molar-refractivity contribution is -0.181. The van der Waals surface area contributed by atoms with E-state index in [4.69, 9.17) is 11.6 Å². The maximum absolute atomic E-state index is 10.2. The smallest absolute Gasteiger partial charge is 0.322 e. The Balaban J connectivity index is 2.44. The molecule has 0 bridgehead atoms. The van der Waals surface area contributed by atoms with Gasteiger partial charge in [0.25, 0.3) is 5.24 Å². The second-order valence-corrected chi connectivity index (χ2v) is 1.58. The van der Waals surface area contributed by atoms with Crippen LogP contribution in [0.4, 0.5) is 0 Å². The zero-order chi connectivity index (χ0) is 6.69. The van der Waals surface area contributed by atoms with Crippen LogP contribution in [0, 0.1) is 0 Å². The topological polar surface area (TPSA) is 59.9 Å². The van der Waals surface area contributed by atoms with E-state index in [1.807, 2.05) is 0 Å². The van der Waals surface area contributed by atoms with E-state index in [9.17, 15) is 4.79 Å². The quantitative estimate of drug-likeness (QED) is 0.516. The largest absolute Gasteiger partial charge is 0.350 e. The monoisotopic (exact) mass is 150 g/mol. The van der Waals surface area contributed by atoms with Crippen molar-refractivity contribution in [1.29, 1.82) is 0 Å². The summed E-state index contributed by atoms with van der Waals surface area (Å²) in [6.07, 6.45) is 0.0210. The van der Waals surface area contributed by atoms with Crippen LogP contribution in [0.5, 0.6) is 0 Å². The first-order chi connectivity index (χ1) is 4.30. The van der Waals surface area contributed by atoms with Crippen LogP contribution in [-0.2, 0) is 14.5 Å². The highest BCUT2D eigenvalue weighted by Crippen LogP contribution is 2.00. The van der Waals surface area contributed by atoms with Crippen molar-refractivity contribution in [3.05, 3.63) is 0 Å². The average Bonchev–Trinajstić information content (AvgIpc) is 1.90. The molecule has 1 unspecified atom stereocenters. The molecule has 0 aromatic heterocycles. The lowest BCUT2D eigenvalue weighted by Gasteiger charge is -2.13. The normalized spacial score (nSPS) is 24.3. The molecular weight excluding hydrogens is 147 g/mol. The standard InChI is InChI=1S/C3H3ClN2O3/c4-2(7)3-8-5-1-6-9-3/h1,3H,(H,5,6). The van der Waals surface area contributed by atoms with Gasteiger partial charge >= 0.3 is 6.29 Å². The number of carbonyl (C=O) groups excluding carboxylic acids is 1. The highest BCUT2D eigenvalue weighted by Gasteiger charge is 2.20. The molecule has 0 aromatic carbocycles. The van der Waals surface area contributed by atoms with E-state index in [-0.39, 0.29) is 0 Å². The summed E-state index contributed by atoms with van der Waals surface area (Å²) < 4.78 is 0. The maximum Gasteiger partial charge on any atom is 0.322 e. The lowest BCUT2D eigenvalue weighted by atomic mass is 10.7. The van der Waals surface area contributed by atoms with Crippen LogP contribution in [0.3, 0.4) is 0 Å². The second-order valence-electron chi connectivity index (χ2n) is 1.21. The van der Waals surface area contributed by atoms with E-state index in [2.05, 4.69) is 20.3 Å². The Hall–Kier alpha value is -0.810. The molecule has 1 N–H and O–H groups in total. The zero-order valence-corrected chi connectivity index (χ0v) is 4.96. The van der Waals surface area contributed by atoms with Crippen LogP contribution in [-0.4, -0.2) is 17.9 Å². The van der Waals surface area contributed by atoms with Gasteiger partial charge in [0.2, 0.25) is 0 Å². The summed E-state index contributed by atoms with van der Waals surface area (Å²) in [6.45, 7) is 0. The summed E-state index contributed by atoms with van der Waals surface area (Å²) in [5, 5.41) is 2.46. The number of carbonyl (C=O) groups is 1. The Kier molecular flexibility index (Phi) is 1.86. The molecule has 0 saturated carbocycles. The molecular formula is C3H3ClN2O3. The fourth-order valence-corrected chi connectivity index (χ4v) is 0.393. The predicted molar refractivity (Wildman–Crippen MR) is 28.4 cm³/mol. The van der Waals surface area contributed by atoms with Crippen molar-refractivity contribution < 1.29 is 14.5 Å². The third kappa shape index (κ3) is 1.55. The maximum atomic E-state index is 10.2. The first kappa shape index (κ1) is 6.31. The van der Waals surface area contributed by atoms with Crippen LogP contribution < -0.4 is 5.48 Å². The Morgan fingerprint density at radius 2 is 2.67 bits per heavy atom. The SMILES string of the molecule is O=C(Cl)C1ON=CNO1. The summed E-state index contributed by atoms with van der Waals surface area (Å²) in [7, 11) is 0. The summed E-state index contributed by atoms with van der Waals surface area (Å²) in [6, 6.07) is 0. The number of hydrogen-bond acceptors (Lipinski definition) is 5. The highest BCUT2D eigenvalue weighted by atomic mass is 35.5. The van der Waals surface area contributed by atoms with Crippen molar-refractivity contribution in [2.75, 3.05) is 0 Å². The molecule has 0 amide bonds. The molecule has 6 heteroatoms. The molecule has 0 spiro atoms. The zero-order valence-electron chi connectivity index (χ0n) is 4.20. The first-order valence-corrected chi connectivity index (χ1v) is 2.46. The van der Waals surface area contributed by atoms with E-state index in [1.54, 1.807) is 0 Å². The number of halogens is 1. The summed E-state index contributed by atoms with van der Waals surface area (Å²) >= 11 is 4.95. The molecule has 0 saturated heterocycles. The minimum Gasteiger partial charge on any atom is -0.350 e. The molecule has 1 atom stereocenters. The number of nitrogens with zero attached hydrogens (tertiary/aromatic N) is 1. The first-order valence-electron chi connectivity index (χ1n) is 2.09. The number of nitrogens with one attached hydrogen (secondary N) is 1. The van der Waals surface area contributed by atoms with Crippen LogP contribution in [0.1, 0.15) is 0 Å². The molecule has 0 radical (unpaired) electrons. The average molecular weight is 151 g/mol. The second kappa shape index (κ2) is 2.65. The van der Waals surface area contributed by atoms with Gasteiger partial charge in [-0.3, -0.25) is 4.79 Å². The fraction of sp³-hybridized carbons (Fsp3) is 0.333. The highest BCUT2D eigenvalue weighted by molar-refractivity contribution is 6.64. The third-order valence-electron chi connectivity index (χ3n) is 0.622. The Bertz CT molecular complexity index is 148. The van der Waals surface area contributed by atoms with Crippen LogP contribution >= 0.6 is 11.6 Å². The summed E-state index contributed by atoms with van der Waals surface area (Å²) in [5.41, 5.74) is 2.19. The molecule has 1 heterocycles. The van der Waals surface area contributed by atoms with Crippen molar-refractivity contribution in [3.63, 3.8) is 0 Å². The molecule has 0 aromatic rings. The number of hydroxylamine groups is 1. The van der Waals surface area contributed by atoms with E-state index < -0.39 is 11.5 Å². The fourth-order valence-electron chi connectivity index (χ4n) is 0.309. The predicted octanol–water partition coefficient (Wildman–Crippen LogP) is -0.427. The molecule has 0 fully saturated rings. The van der Waals surface area contributed by atoms with E-state index in [1.165, 1.54) is 0 Å². The van der Waals surface area contributed by atoms with Gasteiger partial charge < -0.3 is 4.84 Å². The molecule has 1 aliphatic heterocycles. The van der Waals surface area contributed by atoms with Gasteiger partial charge in [0.15, 0.2) is 6.34 Å². The van der Waals surface area contributed by atoms with Gasteiger partial charge in [0.1, 0.15) is 0 Å². The van der Waals surface area contributed by atoms with Gasteiger partial charge in [0.05, 0.1) is 0 Å². The van der Waals surface area contributed by atoms with Crippen molar-refractivity contribution in [2.45, 2.75) is 6.29 Å². The molecule has 1 rings (SSSR count). The van der Waals surface area contributed by atoms with Crippen LogP contribution in [0.25, 0.3) is 0 Å². The Morgan fingerprint density at radius 1 is 1.89 bits per heavy atom. The van der Waals surface area contributed by atoms with E-state index in [0.717, 1.165) is 6.34 Å². The van der Waals surface area contributed by atoms with Crippen LogP contribution in [0.2, 0.25) is 0 Å². The molecule has 9 heavy (non-hydrogen) atoms. The van der Waals surface area contributed by atoms with Crippen molar-refractivity contribution >= 4 is 23.2 Å².